The summed E-state index contributed by atoms with van der Waals surface area (Å²) in [6.07, 6.45) is 1.82. The Kier molecular flexibility index (Phi) is 4.59. The van der Waals surface area contributed by atoms with E-state index in [1.54, 1.807) is 7.05 Å². The van der Waals surface area contributed by atoms with Gasteiger partial charge in [0.25, 0.3) is 5.91 Å². The van der Waals surface area contributed by atoms with Crippen LogP contribution >= 0.6 is 0 Å². The minimum absolute atomic E-state index is 0.138. The van der Waals surface area contributed by atoms with Gasteiger partial charge in [-0.2, -0.15) is 0 Å². The molecule has 29 heavy (non-hydrogen) atoms. The van der Waals surface area contributed by atoms with Crippen LogP contribution in [0.25, 0.3) is 0 Å². The second-order valence-electron chi connectivity index (χ2n) is 7.97. The number of rotatable bonds is 3. The summed E-state index contributed by atoms with van der Waals surface area (Å²) in [6.45, 7) is 0.920. The van der Waals surface area contributed by atoms with E-state index in [-0.39, 0.29) is 24.2 Å². The van der Waals surface area contributed by atoms with Gasteiger partial charge in [-0.3, -0.25) is 19.3 Å². The molecule has 3 heterocycles. The van der Waals surface area contributed by atoms with E-state index in [4.69, 9.17) is 0 Å². The largest absolute Gasteiger partial charge is 0.502 e. The number of aromatic hydroxyl groups is 1. The zero-order chi connectivity index (χ0) is 20.9. The van der Waals surface area contributed by atoms with Crippen LogP contribution in [0.3, 0.4) is 0 Å². The maximum atomic E-state index is 14.0. The lowest BCUT2D eigenvalue weighted by molar-refractivity contribution is -0.0214. The minimum atomic E-state index is -2.84. The molecule has 0 aliphatic carbocycles. The summed E-state index contributed by atoms with van der Waals surface area (Å²) in [6, 6.07) is 10.1. The Morgan fingerprint density at radius 3 is 2.48 bits per heavy atom. The van der Waals surface area contributed by atoms with Crippen molar-refractivity contribution in [1.82, 2.24) is 9.58 Å². The number of halogens is 2. The van der Waals surface area contributed by atoms with Crippen molar-refractivity contribution in [2.45, 2.75) is 44.3 Å². The monoisotopic (exact) mass is 403 g/mol. The van der Waals surface area contributed by atoms with Crippen molar-refractivity contribution in [2.75, 3.05) is 12.1 Å². The summed E-state index contributed by atoms with van der Waals surface area (Å²) in [5, 5.41) is 12.2. The van der Waals surface area contributed by atoms with Crippen molar-refractivity contribution < 1.29 is 18.7 Å². The first-order valence-electron chi connectivity index (χ1n) is 9.62. The van der Waals surface area contributed by atoms with Crippen LogP contribution < -0.4 is 10.4 Å². The number of fused-ring (bicyclic) bond motifs is 3. The molecule has 3 atom stereocenters. The summed E-state index contributed by atoms with van der Waals surface area (Å²) in [5.74, 6) is -4.30. The molecule has 1 aromatic carbocycles. The van der Waals surface area contributed by atoms with Gasteiger partial charge in [0.1, 0.15) is 6.17 Å². The quantitative estimate of drug-likeness (QED) is 0.855. The zero-order valence-corrected chi connectivity index (χ0v) is 16.3. The number of hydrogen-bond acceptors (Lipinski definition) is 4. The van der Waals surface area contributed by atoms with Crippen molar-refractivity contribution in [3.05, 3.63) is 64.1 Å². The van der Waals surface area contributed by atoms with Crippen LogP contribution in [0.4, 0.5) is 8.78 Å². The minimum Gasteiger partial charge on any atom is -0.502 e. The van der Waals surface area contributed by atoms with E-state index in [0.29, 0.717) is 12.8 Å². The Bertz CT molecular complexity index is 987. The molecular weight excluding hydrogens is 380 g/mol. The number of pyridine rings is 1. The van der Waals surface area contributed by atoms with Crippen LogP contribution in [0.2, 0.25) is 0 Å². The SMILES string of the molecule is CN1C(=O)c2c(O)c(=O)ccn2N2C(c3ccccc3)C(CC(C)(F)F)CCC12. The number of benzene rings is 1. The van der Waals surface area contributed by atoms with Crippen LogP contribution in [-0.4, -0.2) is 39.7 Å². The van der Waals surface area contributed by atoms with Gasteiger partial charge < -0.3 is 10.0 Å². The van der Waals surface area contributed by atoms with Crippen molar-refractivity contribution in [2.24, 2.45) is 5.92 Å². The van der Waals surface area contributed by atoms with Crippen LogP contribution in [0.5, 0.6) is 5.75 Å². The summed E-state index contributed by atoms with van der Waals surface area (Å²) in [7, 11) is 1.61. The molecule has 3 unspecified atom stereocenters. The standard InChI is InChI=1S/C21H23F2N3O3/c1-21(22,23)12-14-8-9-16-24(2)20(29)18-19(28)15(27)10-11-25(18)26(16)17(14)13-6-4-3-5-7-13/h3-7,10-11,14,16-17,28H,8-9,12H2,1-2H3. The van der Waals surface area contributed by atoms with E-state index < -0.39 is 29.0 Å². The Labute approximate surface area is 166 Å². The van der Waals surface area contributed by atoms with Crippen LogP contribution in [-0.2, 0) is 0 Å². The molecule has 1 fully saturated rings. The molecule has 154 valence electrons. The van der Waals surface area contributed by atoms with Crippen LogP contribution in [0.1, 0.15) is 48.3 Å². The van der Waals surface area contributed by atoms with Gasteiger partial charge in [0.15, 0.2) is 11.4 Å². The van der Waals surface area contributed by atoms with Crippen molar-refractivity contribution >= 4 is 5.91 Å². The van der Waals surface area contributed by atoms with Crippen LogP contribution in [0, 0.1) is 5.92 Å². The molecule has 1 amide bonds. The van der Waals surface area contributed by atoms with Gasteiger partial charge in [-0.1, -0.05) is 30.3 Å². The van der Waals surface area contributed by atoms with E-state index in [9.17, 15) is 23.5 Å². The zero-order valence-electron chi connectivity index (χ0n) is 16.3. The first-order valence-corrected chi connectivity index (χ1v) is 9.62. The predicted octanol–water partition coefficient (Wildman–Crippen LogP) is 3.10. The van der Waals surface area contributed by atoms with E-state index in [2.05, 4.69) is 0 Å². The molecule has 1 saturated heterocycles. The van der Waals surface area contributed by atoms with E-state index >= 15 is 0 Å². The van der Waals surface area contributed by atoms with Crippen molar-refractivity contribution in [1.29, 1.82) is 0 Å². The summed E-state index contributed by atoms with van der Waals surface area (Å²) >= 11 is 0. The summed E-state index contributed by atoms with van der Waals surface area (Å²) in [4.78, 5) is 26.3. The van der Waals surface area contributed by atoms with Gasteiger partial charge in [0.2, 0.25) is 11.4 Å². The van der Waals surface area contributed by atoms with Gasteiger partial charge in [-0.15, -0.1) is 0 Å². The molecule has 0 spiro atoms. The summed E-state index contributed by atoms with van der Waals surface area (Å²) in [5.41, 5.74) is 0.0563. The first kappa shape index (κ1) is 19.4. The van der Waals surface area contributed by atoms with Gasteiger partial charge in [0, 0.05) is 25.7 Å². The predicted molar refractivity (Wildman–Crippen MR) is 104 cm³/mol. The number of amides is 1. The first-order chi connectivity index (χ1) is 13.7. The Balaban J connectivity index is 1.91. The third-order valence-corrected chi connectivity index (χ3v) is 5.87. The van der Waals surface area contributed by atoms with E-state index in [0.717, 1.165) is 12.5 Å². The molecule has 0 radical (unpaired) electrons. The third kappa shape index (κ3) is 3.26. The lowest BCUT2D eigenvalue weighted by Gasteiger charge is -2.54. The molecule has 1 N–H and O–H groups in total. The molecular formula is C21H23F2N3O3. The highest BCUT2D eigenvalue weighted by atomic mass is 19.3. The highest BCUT2D eigenvalue weighted by Crippen LogP contribution is 2.45. The lowest BCUT2D eigenvalue weighted by atomic mass is 9.80. The molecule has 2 aliphatic rings. The molecule has 2 aromatic rings. The number of piperidine rings is 1. The average molecular weight is 403 g/mol. The smallest absolute Gasteiger partial charge is 0.277 e. The lowest BCUT2D eigenvalue weighted by Crippen LogP contribution is -2.64. The second-order valence-corrected chi connectivity index (χ2v) is 7.97. The van der Waals surface area contributed by atoms with Crippen molar-refractivity contribution in [3.8, 4) is 5.75 Å². The molecule has 0 saturated carbocycles. The van der Waals surface area contributed by atoms with Gasteiger partial charge in [-0.25, -0.2) is 8.78 Å². The van der Waals surface area contributed by atoms with Crippen LogP contribution in [0.15, 0.2) is 47.4 Å². The maximum absolute atomic E-state index is 14.0. The third-order valence-electron chi connectivity index (χ3n) is 5.87. The fourth-order valence-electron chi connectivity index (χ4n) is 4.66. The second kappa shape index (κ2) is 6.86. The fourth-order valence-corrected chi connectivity index (χ4v) is 4.66. The number of aromatic nitrogens is 1. The number of hydrogen-bond donors (Lipinski definition) is 1. The summed E-state index contributed by atoms with van der Waals surface area (Å²) < 4.78 is 29.5. The highest BCUT2D eigenvalue weighted by Gasteiger charge is 2.48. The number of nitrogens with zero attached hydrogens (tertiary/aromatic N) is 3. The average Bonchev–Trinajstić information content (AvgIpc) is 2.67. The number of carbonyl (C=O) groups is 1. The number of alkyl halides is 2. The maximum Gasteiger partial charge on any atom is 0.277 e. The Hall–Kier alpha value is -2.90. The molecule has 2 aliphatic heterocycles. The van der Waals surface area contributed by atoms with Gasteiger partial charge in [-0.05, 0) is 31.2 Å². The van der Waals surface area contributed by atoms with E-state index in [1.807, 2.05) is 35.3 Å². The molecule has 0 bridgehead atoms. The normalized spacial score (nSPS) is 24.3. The Morgan fingerprint density at radius 2 is 1.83 bits per heavy atom. The van der Waals surface area contributed by atoms with Crippen molar-refractivity contribution in [3.63, 3.8) is 0 Å². The highest BCUT2D eigenvalue weighted by molar-refractivity contribution is 5.96. The van der Waals surface area contributed by atoms with E-state index in [1.165, 1.54) is 21.8 Å². The molecule has 8 heteroatoms. The van der Waals surface area contributed by atoms with Gasteiger partial charge >= 0.3 is 0 Å². The fraction of sp³-hybridized carbons (Fsp3) is 0.429. The molecule has 1 aromatic heterocycles. The molecule has 6 nitrogen and oxygen atoms in total. The topological polar surface area (TPSA) is 65.8 Å². The number of carbonyl (C=O) groups excluding carboxylic acids is 1. The Morgan fingerprint density at radius 1 is 1.14 bits per heavy atom. The van der Waals surface area contributed by atoms with Gasteiger partial charge in [0.05, 0.1) is 6.04 Å². The molecule has 4 rings (SSSR count).